The van der Waals surface area contributed by atoms with Gasteiger partial charge in [0.15, 0.2) is 11.5 Å². The Labute approximate surface area is 184 Å². The largest absolute Gasteiger partial charge is 0.504 e. The monoisotopic (exact) mass is 525 g/mol. The summed E-state index contributed by atoms with van der Waals surface area (Å²) in [5.74, 6) is -0.190. The van der Waals surface area contributed by atoms with Crippen LogP contribution < -0.4 is 4.74 Å². The lowest BCUT2D eigenvalue weighted by Gasteiger charge is -2.13. The third-order valence-corrected chi connectivity index (χ3v) is 7.02. The van der Waals surface area contributed by atoms with Crippen LogP contribution in [0, 0.1) is 6.92 Å². The van der Waals surface area contributed by atoms with Crippen LogP contribution in [0.4, 0.5) is 4.79 Å². The van der Waals surface area contributed by atoms with Crippen LogP contribution in [0.25, 0.3) is 6.08 Å². The van der Waals surface area contributed by atoms with Crippen molar-refractivity contribution < 1.29 is 19.4 Å². The maximum atomic E-state index is 12.8. The Hall–Kier alpha value is -1.77. The lowest BCUT2D eigenvalue weighted by Crippen LogP contribution is -2.27. The molecule has 8 heteroatoms. The Morgan fingerprint density at radius 1 is 1.21 bits per heavy atom. The van der Waals surface area contributed by atoms with Crippen molar-refractivity contribution in [2.24, 2.45) is 0 Å². The molecule has 0 spiro atoms. The van der Waals surface area contributed by atoms with Crippen LogP contribution in [0.1, 0.15) is 23.6 Å². The van der Waals surface area contributed by atoms with Crippen molar-refractivity contribution >= 4 is 60.8 Å². The van der Waals surface area contributed by atoms with E-state index in [1.54, 1.807) is 6.07 Å². The zero-order valence-electron chi connectivity index (χ0n) is 15.2. The second kappa shape index (κ2) is 8.71. The van der Waals surface area contributed by atoms with E-state index in [0.29, 0.717) is 26.9 Å². The lowest BCUT2D eigenvalue weighted by molar-refractivity contribution is -0.123. The number of carbonyl (C=O) groups excluding carboxylic acids is 2. The lowest BCUT2D eigenvalue weighted by atomic mass is 10.1. The summed E-state index contributed by atoms with van der Waals surface area (Å²) in [6.07, 6.45) is 1.51. The molecule has 0 saturated carbocycles. The number of hydrogen-bond donors (Lipinski definition) is 1. The third-order valence-electron chi connectivity index (χ3n) is 4.10. The number of amides is 2. The highest BCUT2D eigenvalue weighted by Crippen LogP contribution is 2.43. The number of aryl methyl sites for hydroxylation is 1. The van der Waals surface area contributed by atoms with Gasteiger partial charge in [-0.1, -0.05) is 29.8 Å². The molecule has 5 nitrogen and oxygen atoms in total. The molecule has 0 atom stereocenters. The molecule has 0 unspecified atom stereocenters. The second-order valence-corrected chi connectivity index (χ2v) is 8.76. The standard InChI is InChI=1S/C20H17Br2NO4S/c1-3-27-15-9-14(21)17(22)13(18(15)24)8-16-19(25)23(20(26)28-16)10-12-6-4-11(2)5-7-12/h4-9,24H,3,10H2,1-2H3/b16-8-. The first-order valence-corrected chi connectivity index (χ1v) is 10.9. The van der Waals surface area contributed by atoms with E-state index < -0.39 is 0 Å². The summed E-state index contributed by atoms with van der Waals surface area (Å²) in [5, 5.41) is 10.2. The summed E-state index contributed by atoms with van der Waals surface area (Å²) in [6.45, 7) is 4.38. The molecule has 0 radical (unpaired) electrons. The minimum Gasteiger partial charge on any atom is -0.504 e. The number of halogens is 2. The van der Waals surface area contributed by atoms with Crippen molar-refractivity contribution in [2.45, 2.75) is 20.4 Å². The average molecular weight is 527 g/mol. The predicted octanol–water partition coefficient (Wildman–Crippen LogP) is 5.86. The van der Waals surface area contributed by atoms with Gasteiger partial charge in [0.25, 0.3) is 11.1 Å². The van der Waals surface area contributed by atoms with Gasteiger partial charge in [-0.2, -0.15) is 0 Å². The topological polar surface area (TPSA) is 66.8 Å². The SMILES string of the molecule is CCOc1cc(Br)c(Br)c(/C=C2\SC(=O)N(Cc3ccc(C)cc3)C2=O)c1O. The van der Waals surface area contributed by atoms with Crippen LogP contribution in [0.15, 0.2) is 44.2 Å². The Bertz CT molecular complexity index is 973. The molecule has 1 heterocycles. The Morgan fingerprint density at radius 3 is 2.54 bits per heavy atom. The highest BCUT2D eigenvalue weighted by molar-refractivity contribution is 9.13. The van der Waals surface area contributed by atoms with Crippen molar-refractivity contribution in [1.29, 1.82) is 0 Å². The molecule has 146 valence electrons. The fourth-order valence-electron chi connectivity index (χ4n) is 2.65. The van der Waals surface area contributed by atoms with E-state index in [1.807, 2.05) is 38.1 Å². The molecule has 1 aliphatic heterocycles. The van der Waals surface area contributed by atoms with Gasteiger partial charge in [0, 0.05) is 14.5 Å². The van der Waals surface area contributed by atoms with Gasteiger partial charge >= 0.3 is 0 Å². The van der Waals surface area contributed by atoms with Crippen LogP contribution in [0.3, 0.4) is 0 Å². The highest BCUT2D eigenvalue weighted by atomic mass is 79.9. The highest BCUT2D eigenvalue weighted by Gasteiger charge is 2.35. The number of thioether (sulfide) groups is 1. The van der Waals surface area contributed by atoms with Gasteiger partial charge in [-0.3, -0.25) is 14.5 Å². The maximum absolute atomic E-state index is 12.8. The summed E-state index contributed by atoms with van der Waals surface area (Å²) in [4.78, 5) is 26.6. The van der Waals surface area contributed by atoms with E-state index in [9.17, 15) is 14.7 Å². The second-order valence-electron chi connectivity index (χ2n) is 6.12. The summed E-state index contributed by atoms with van der Waals surface area (Å²) >= 11 is 7.66. The number of carbonyl (C=O) groups is 2. The van der Waals surface area contributed by atoms with E-state index in [1.165, 1.54) is 11.0 Å². The molecule has 1 aliphatic rings. The summed E-state index contributed by atoms with van der Waals surface area (Å²) in [5.41, 5.74) is 2.36. The number of phenols is 1. The summed E-state index contributed by atoms with van der Waals surface area (Å²) in [6, 6.07) is 9.32. The van der Waals surface area contributed by atoms with E-state index in [-0.39, 0.29) is 28.3 Å². The van der Waals surface area contributed by atoms with Gasteiger partial charge in [-0.25, -0.2) is 0 Å². The Kier molecular flexibility index (Phi) is 6.52. The number of imide groups is 1. The molecule has 0 bridgehead atoms. The van der Waals surface area contributed by atoms with Crippen molar-refractivity contribution in [3.63, 3.8) is 0 Å². The summed E-state index contributed by atoms with van der Waals surface area (Å²) in [7, 11) is 0. The van der Waals surface area contributed by atoms with Crippen molar-refractivity contribution in [1.82, 2.24) is 4.90 Å². The number of nitrogens with zero attached hydrogens (tertiary/aromatic N) is 1. The number of hydrogen-bond acceptors (Lipinski definition) is 5. The normalized spacial score (nSPS) is 15.6. The quantitative estimate of drug-likeness (QED) is 0.494. The molecular formula is C20H17Br2NO4S. The van der Waals surface area contributed by atoms with E-state index in [4.69, 9.17) is 4.74 Å². The van der Waals surface area contributed by atoms with Gasteiger partial charge < -0.3 is 9.84 Å². The van der Waals surface area contributed by atoms with Crippen molar-refractivity contribution in [3.8, 4) is 11.5 Å². The predicted molar refractivity (Wildman–Crippen MR) is 117 cm³/mol. The Morgan fingerprint density at radius 2 is 1.89 bits per heavy atom. The van der Waals surface area contributed by atoms with Crippen LogP contribution in [0.5, 0.6) is 11.5 Å². The van der Waals surface area contributed by atoms with Gasteiger partial charge in [0.1, 0.15) is 0 Å². The molecule has 1 saturated heterocycles. The number of benzene rings is 2. The molecular weight excluding hydrogens is 510 g/mol. The van der Waals surface area contributed by atoms with Crippen molar-refractivity contribution in [3.05, 3.63) is 60.9 Å². The molecule has 0 aromatic heterocycles. The van der Waals surface area contributed by atoms with E-state index in [0.717, 1.165) is 22.9 Å². The summed E-state index contributed by atoms with van der Waals surface area (Å²) < 4.78 is 6.67. The third kappa shape index (κ3) is 4.29. The molecule has 3 rings (SSSR count). The average Bonchev–Trinajstić information content (AvgIpc) is 2.92. The fraction of sp³-hybridized carbons (Fsp3) is 0.200. The minimum atomic E-state index is -0.389. The van der Waals surface area contributed by atoms with E-state index >= 15 is 0 Å². The smallest absolute Gasteiger partial charge is 0.293 e. The number of rotatable bonds is 5. The van der Waals surface area contributed by atoms with Crippen LogP contribution >= 0.6 is 43.6 Å². The molecule has 1 fully saturated rings. The number of ether oxygens (including phenoxy) is 1. The first kappa shape index (κ1) is 21.0. The van der Waals surface area contributed by atoms with Crippen LogP contribution in [0.2, 0.25) is 0 Å². The molecule has 1 N–H and O–H groups in total. The van der Waals surface area contributed by atoms with Crippen LogP contribution in [-0.2, 0) is 11.3 Å². The molecule has 0 aliphatic carbocycles. The molecule has 2 aromatic carbocycles. The number of aromatic hydroxyl groups is 1. The van der Waals surface area contributed by atoms with Gasteiger partial charge in [0.2, 0.25) is 0 Å². The zero-order valence-corrected chi connectivity index (χ0v) is 19.2. The zero-order chi connectivity index (χ0) is 20.4. The van der Waals surface area contributed by atoms with Crippen LogP contribution in [-0.4, -0.2) is 27.8 Å². The van der Waals surface area contributed by atoms with E-state index in [2.05, 4.69) is 31.9 Å². The van der Waals surface area contributed by atoms with Gasteiger partial charge in [0.05, 0.1) is 18.1 Å². The maximum Gasteiger partial charge on any atom is 0.293 e. The molecule has 2 amide bonds. The Balaban J connectivity index is 1.92. The van der Waals surface area contributed by atoms with Gasteiger partial charge in [-0.15, -0.1) is 0 Å². The first-order chi connectivity index (χ1) is 13.3. The van der Waals surface area contributed by atoms with Crippen molar-refractivity contribution in [2.75, 3.05) is 6.61 Å². The number of phenolic OH excluding ortho intramolecular Hbond substituents is 1. The van der Waals surface area contributed by atoms with Gasteiger partial charge in [-0.05, 0) is 75.2 Å². The first-order valence-electron chi connectivity index (χ1n) is 8.46. The molecule has 28 heavy (non-hydrogen) atoms. The minimum absolute atomic E-state index is 0.0951. The molecule has 2 aromatic rings. The fourth-order valence-corrected chi connectivity index (χ4v) is 4.31.